The minimum absolute atomic E-state index is 0.0306. The van der Waals surface area contributed by atoms with Gasteiger partial charge in [0.05, 0.1) is 6.61 Å². The minimum atomic E-state index is -0.366. The van der Waals surface area contributed by atoms with Crippen LogP contribution in [0.25, 0.3) is 0 Å². The van der Waals surface area contributed by atoms with Crippen molar-refractivity contribution >= 4 is 11.6 Å². The molecule has 1 N–H and O–H groups in total. The average molecular weight is 561 g/mol. The highest BCUT2D eigenvalue weighted by Crippen LogP contribution is 2.34. The van der Waals surface area contributed by atoms with Gasteiger partial charge in [-0.05, 0) is 100 Å². The maximum absolute atomic E-state index is 14.7. The second-order valence-electron chi connectivity index (χ2n) is 11.2. The van der Waals surface area contributed by atoms with Gasteiger partial charge in [0.2, 0.25) is 5.91 Å². The summed E-state index contributed by atoms with van der Waals surface area (Å²) in [6.07, 6.45) is 5.77. The van der Waals surface area contributed by atoms with Crippen molar-refractivity contribution in [2.24, 2.45) is 5.92 Å². The number of carbonyl (C=O) groups is 1. The molecule has 6 heteroatoms. The molecule has 1 atom stereocenters. The SMILES string of the molecule is CCOc1ccccc1OC(CCCCCN1CCC(c2cccc(NC(=O)C(C)C)c2)CC1)c1ccccc1F. The molecule has 0 bridgehead atoms. The van der Waals surface area contributed by atoms with Crippen LogP contribution in [0, 0.1) is 11.7 Å². The number of para-hydroxylation sites is 2. The van der Waals surface area contributed by atoms with E-state index in [1.807, 2.05) is 69.3 Å². The predicted molar refractivity (Wildman–Crippen MR) is 164 cm³/mol. The topological polar surface area (TPSA) is 50.8 Å². The number of nitrogens with zero attached hydrogens (tertiary/aromatic N) is 1. The van der Waals surface area contributed by atoms with E-state index >= 15 is 0 Å². The molecule has 41 heavy (non-hydrogen) atoms. The number of rotatable bonds is 14. The van der Waals surface area contributed by atoms with Gasteiger partial charge in [-0.3, -0.25) is 4.79 Å². The van der Waals surface area contributed by atoms with Gasteiger partial charge in [-0.1, -0.05) is 62.7 Å². The van der Waals surface area contributed by atoms with E-state index in [-0.39, 0.29) is 23.7 Å². The molecule has 0 spiro atoms. The van der Waals surface area contributed by atoms with E-state index in [0.717, 1.165) is 63.8 Å². The van der Waals surface area contributed by atoms with E-state index in [1.165, 1.54) is 11.6 Å². The van der Waals surface area contributed by atoms with Crippen molar-refractivity contribution in [3.63, 3.8) is 0 Å². The monoisotopic (exact) mass is 560 g/mol. The van der Waals surface area contributed by atoms with Crippen LogP contribution >= 0.6 is 0 Å². The Labute approximate surface area is 245 Å². The van der Waals surface area contributed by atoms with Gasteiger partial charge in [0, 0.05) is 17.2 Å². The summed E-state index contributed by atoms with van der Waals surface area (Å²) in [7, 11) is 0. The van der Waals surface area contributed by atoms with Crippen molar-refractivity contribution in [1.29, 1.82) is 0 Å². The van der Waals surface area contributed by atoms with Crippen molar-refractivity contribution in [2.75, 3.05) is 31.6 Å². The molecule has 220 valence electrons. The maximum atomic E-state index is 14.7. The van der Waals surface area contributed by atoms with Gasteiger partial charge >= 0.3 is 0 Å². The Morgan fingerprint density at radius 1 is 0.951 bits per heavy atom. The quantitative estimate of drug-likeness (QED) is 0.201. The molecule has 1 fully saturated rings. The minimum Gasteiger partial charge on any atom is -0.490 e. The number of halogens is 1. The average Bonchev–Trinajstić information content (AvgIpc) is 2.98. The number of hydrogen-bond acceptors (Lipinski definition) is 4. The number of piperidine rings is 1. The maximum Gasteiger partial charge on any atom is 0.226 e. The molecule has 1 unspecified atom stereocenters. The first-order chi connectivity index (χ1) is 19.9. The lowest BCUT2D eigenvalue weighted by Gasteiger charge is -2.32. The van der Waals surface area contributed by atoms with Crippen LogP contribution in [-0.2, 0) is 4.79 Å². The third kappa shape index (κ3) is 9.06. The largest absolute Gasteiger partial charge is 0.490 e. The molecular weight excluding hydrogens is 515 g/mol. The number of anilines is 1. The summed E-state index contributed by atoms with van der Waals surface area (Å²) in [6, 6.07) is 22.9. The highest BCUT2D eigenvalue weighted by Gasteiger charge is 2.22. The molecule has 1 saturated heterocycles. The number of likely N-dealkylation sites (tertiary alicyclic amines) is 1. The third-order valence-electron chi connectivity index (χ3n) is 7.85. The van der Waals surface area contributed by atoms with Gasteiger partial charge in [0.15, 0.2) is 11.5 Å². The van der Waals surface area contributed by atoms with Gasteiger partial charge in [-0.2, -0.15) is 0 Å². The zero-order valence-electron chi connectivity index (χ0n) is 24.8. The van der Waals surface area contributed by atoms with Crippen molar-refractivity contribution < 1.29 is 18.7 Å². The first kappa shape index (κ1) is 30.6. The Kier molecular flexibility index (Phi) is 11.6. The number of amides is 1. The summed E-state index contributed by atoms with van der Waals surface area (Å²) < 4.78 is 26.8. The molecule has 1 amide bonds. The van der Waals surface area contributed by atoms with E-state index in [4.69, 9.17) is 9.47 Å². The number of ether oxygens (including phenoxy) is 2. The van der Waals surface area contributed by atoms with Crippen LogP contribution in [0.3, 0.4) is 0 Å². The summed E-state index contributed by atoms with van der Waals surface area (Å²) in [5.74, 6) is 1.66. The lowest BCUT2D eigenvalue weighted by molar-refractivity contribution is -0.118. The van der Waals surface area contributed by atoms with Crippen molar-refractivity contribution in [1.82, 2.24) is 4.90 Å². The van der Waals surface area contributed by atoms with Crippen molar-refractivity contribution in [3.05, 3.63) is 89.7 Å². The fourth-order valence-electron chi connectivity index (χ4n) is 5.48. The molecule has 5 nitrogen and oxygen atoms in total. The number of carbonyl (C=O) groups excluding carboxylic acids is 1. The molecule has 1 aliphatic heterocycles. The predicted octanol–water partition coefficient (Wildman–Crippen LogP) is 8.38. The molecule has 1 aliphatic rings. The highest BCUT2D eigenvalue weighted by molar-refractivity contribution is 5.92. The third-order valence-corrected chi connectivity index (χ3v) is 7.85. The standard InChI is InChI=1S/C35H45FN2O3/c1-4-40-33-18-9-10-19-34(33)41-32(30-15-7-8-16-31(30)36)17-6-5-11-22-38-23-20-27(21-24-38)28-13-12-14-29(25-28)37-35(39)26(2)3/h7-10,12-16,18-19,25-27,32H,4-6,11,17,20-24H2,1-3H3,(H,37,39). The number of hydrogen-bond donors (Lipinski definition) is 1. The van der Waals surface area contributed by atoms with E-state index in [9.17, 15) is 9.18 Å². The van der Waals surface area contributed by atoms with Gasteiger partial charge < -0.3 is 19.7 Å². The first-order valence-electron chi connectivity index (χ1n) is 15.2. The lowest BCUT2D eigenvalue weighted by Crippen LogP contribution is -2.33. The first-order valence-corrected chi connectivity index (χ1v) is 15.2. The van der Waals surface area contributed by atoms with E-state index in [0.29, 0.717) is 29.6 Å². The Bertz CT molecular complexity index is 1240. The fourth-order valence-corrected chi connectivity index (χ4v) is 5.48. The number of unbranched alkanes of at least 4 members (excludes halogenated alkanes) is 2. The van der Waals surface area contributed by atoms with Crippen LogP contribution < -0.4 is 14.8 Å². The molecule has 0 saturated carbocycles. The zero-order chi connectivity index (χ0) is 29.0. The summed E-state index contributed by atoms with van der Waals surface area (Å²) in [4.78, 5) is 14.6. The molecule has 3 aromatic carbocycles. The Hall–Kier alpha value is -3.38. The van der Waals surface area contributed by atoms with E-state index in [1.54, 1.807) is 6.07 Å². The number of benzene rings is 3. The van der Waals surface area contributed by atoms with Crippen LogP contribution in [0.5, 0.6) is 11.5 Å². The normalized spacial score (nSPS) is 15.0. The van der Waals surface area contributed by atoms with Crippen molar-refractivity contribution in [2.45, 2.75) is 71.3 Å². The van der Waals surface area contributed by atoms with Gasteiger partial charge in [-0.25, -0.2) is 4.39 Å². The van der Waals surface area contributed by atoms with Gasteiger partial charge in [0.1, 0.15) is 11.9 Å². The second kappa shape index (κ2) is 15.6. The van der Waals surface area contributed by atoms with E-state index in [2.05, 4.69) is 22.3 Å². The van der Waals surface area contributed by atoms with Crippen LogP contribution in [0.15, 0.2) is 72.8 Å². The molecule has 3 aromatic rings. The van der Waals surface area contributed by atoms with E-state index < -0.39 is 0 Å². The summed E-state index contributed by atoms with van der Waals surface area (Å²) in [5, 5.41) is 3.03. The Morgan fingerprint density at radius 3 is 2.41 bits per heavy atom. The molecule has 0 aliphatic carbocycles. The summed E-state index contributed by atoms with van der Waals surface area (Å²) in [5.41, 5.74) is 2.80. The van der Waals surface area contributed by atoms with Crippen LogP contribution in [-0.4, -0.2) is 37.0 Å². The second-order valence-corrected chi connectivity index (χ2v) is 11.2. The summed E-state index contributed by atoms with van der Waals surface area (Å²) in [6.45, 7) is 9.56. The molecular formula is C35H45FN2O3. The fraction of sp³-hybridized carbons (Fsp3) is 0.457. The van der Waals surface area contributed by atoms with Crippen molar-refractivity contribution in [3.8, 4) is 11.5 Å². The molecule has 4 rings (SSSR count). The van der Waals surface area contributed by atoms with Gasteiger partial charge in [-0.15, -0.1) is 0 Å². The smallest absolute Gasteiger partial charge is 0.226 e. The van der Waals surface area contributed by atoms with Crippen LogP contribution in [0.2, 0.25) is 0 Å². The zero-order valence-corrected chi connectivity index (χ0v) is 24.8. The Morgan fingerprint density at radius 2 is 1.68 bits per heavy atom. The highest BCUT2D eigenvalue weighted by atomic mass is 19.1. The molecule has 0 aromatic heterocycles. The molecule has 1 heterocycles. The van der Waals surface area contributed by atoms with Crippen LogP contribution in [0.1, 0.15) is 82.4 Å². The van der Waals surface area contributed by atoms with Gasteiger partial charge in [0.25, 0.3) is 0 Å². The summed E-state index contributed by atoms with van der Waals surface area (Å²) >= 11 is 0. The number of nitrogens with one attached hydrogen (secondary N) is 1. The molecule has 0 radical (unpaired) electrons. The lowest BCUT2D eigenvalue weighted by atomic mass is 9.89. The Balaban J connectivity index is 1.24. The van der Waals surface area contributed by atoms with Crippen LogP contribution in [0.4, 0.5) is 10.1 Å².